The van der Waals surface area contributed by atoms with Gasteiger partial charge in [0.1, 0.15) is 6.61 Å². The Morgan fingerprint density at radius 3 is 2.33 bits per heavy atom. The Morgan fingerprint density at radius 2 is 1.67 bits per heavy atom. The van der Waals surface area contributed by atoms with Crippen LogP contribution >= 0.6 is 0 Å². The summed E-state index contributed by atoms with van der Waals surface area (Å²) >= 11 is 0. The molecule has 4 heteroatoms. The van der Waals surface area contributed by atoms with Gasteiger partial charge in [-0.1, -0.05) is 48.5 Å². The van der Waals surface area contributed by atoms with Crippen LogP contribution in [-0.2, 0) is 11.3 Å². The fourth-order valence-corrected chi connectivity index (χ4v) is 1.84. The summed E-state index contributed by atoms with van der Waals surface area (Å²) < 4.78 is 5.17. The molecule has 0 aliphatic heterocycles. The predicted octanol–water partition coefficient (Wildman–Crippen LogP) is 3.41. The zero-order valence-electron chi connectivity index (χ0n) is 12.1. The molecule has 2 aromatic rings. The van der Waals surface area contributed by atoms with Crippen molar-refractivity contribution in [2.45, 2.75) is 19.6 Å². The van der Waals surface area contributed by atoms with Crippen LogP contribution in [-0.4, -0.2) is 18.7 Å². The molecular formula is C17H20N2O2. The van der Waals surface area contributed by atoms with E-state index >= 15 is 0 Å². The van der Waals surface area contributed by atoms with Crippen LogP contribution in [0.1, 0.15) is 12.5 Å². The van der Waals surface area contributed by atoms with Gasteiger partial charge in [0.2, 0.25) is 0 Å². The highest BCUT2D eigenvalue weighted by atomic mass is 16.5. The molecule has 0 aliphatic rings. The molecule has 0 saturated carbocycles. The van der Waals surface area contributed by atoms with Crippen molar-refractivity contribution < 1.29 is 9.53 Å². The van der Waals surface area contributed by atoms with Gasteiger partial charge >= 0.3 is 6.09 Å². The minimum Gasteiger partial charge on any atom is -0.445 e. The van der Waals surface area contributed by atoms with Gasteiger partial charge in [0.05, 0.1) is 0 Å². The molecule has 0 heterocycles. The average molecular weight is 284 g/mol. The maximum Gasteiger partial charge on any atom is 0.407 e. The van der Waals surface area contributed by atoms with Crippen molar-refractivity contribution in [2.24, 2.45) is 0 Å². The minimum atomic E-state index is -0.402. The van der Waals surface area contributed by atoms with Crippen LogP contribution in [0.25, 0.3) is 0 Å². The van der Waals surface area contributed by atoms with E-state index in [2.05, 4.69) is 10.6 Å². The van der Waals surface area contributed by atoms with Crippen molar-refractivity contribution in [3.63, 3.8) is 0 Å². The van der Waals surface area contributed by atoms with Crippen LogP contribution in [0.3, 0.4) is 0 Å². The molecule has 0 radical (unpaired) electrons. The first-order valence-corrected chi connectivity index (χ1v) is 7.00. The molecule has 2 N–H and O–H groups in total. The third kappa shape index (κ3) is 5.57. The molecule has 2 rings (SSSR count). The number of anilines is 1. The van der Waals surface area contributed by atoms with Crippen molar-refractivity contribution in [2.75, 3.05) is 11.9 Å². The third-order valence-electron chi connectivity index (χ3n) is 2.96. The number of nitrogens with one attached hydrogen (secondary N) is 2. The Hall–Kier alpha value is -2.49. The molecule has 4 nitrogen and oxygen atoms in total. The molecule has 0 unspecified atom stereocenters. The number of hydrogen-bond donors (Lipinski definition) is 2. The summed E-state index contributed by atoms with van der Waals surface area (Å²) in [5, 5.41) is 6.05. The fourth-order valence-electron chi connectivity index (χ4n) is 1.84. The molecule has 0 aliphatic carbocycles. The normalized spacial score (nSPS) is 11.5. The topological polar surface area (TPSA) is 50.4 Å². The second-order valence-corrected chi connectivity index (χ2v) is 4.85. The van der Waals surface area contributed by atoms with Gasteiger partial charge in [0.15, 0.2) is 0 Å². The van der Waals surface area contributed by atoms with E-state index in [1.807, 2.05) is 67.6 Å². The van der Waals surface area contributed by atoms with E-state index in [-0.39, 0.29) is 12.6 Å². The van der Waals surface area contributed by atoms with E-state index in [4.69, 9.17) is 4.74 Å². The number of para-hydroxylation sites is 1. The maximum absolute atomic E-state index is 11.7. The zero-order chi connectivity index (χ0) is 14.9. The first-order valence-electron chi connectivity index (χ1n) is 7.00. The number of carbonyl (C=O) groups excluding carboxylic acids is 1. The summed E-state index contributed by atoms with van der Waals surface area (Å²) in [6.45, 7) is 2.86. The summed E-state index contributed by atoms with van der Waals surface area (Å²) in [4.78, 5) is 11.7. The summed E-state index contributed by atoms with van der Waals surface area (Å²) in [6.07, 6.45) is -0.402. The molecule has 1 atom stereocenters. The van der Waals surface area contributed by atoms with Crippen molar-refractivity contribution in [1.82, 2.24) is 5.32 Å². The predicted molar refractivity (Wildman–Crippen MR) is 84.2 cm³/mol. The van der Waals surface area contributed by atoms with Gasteiger partial charge in [-0.15, -0.1) is 0 Å². The van der Waals surface area contributed by atoms with Crippen LogP contribution in [0.4, 0.5) is 10.5 Å². The number of carbonyl (C=O) groups is 1. The molecule has 1 amide bonds. The van der Waals surface area contributed by atoms with Crippen molar-refractivity contribution in [1.29, 1.82) is 0 Å². The zero-order valence-corrected chi connectivity index (χ0v) is 12.1. The number of amides is 1. The van der Waals surface area contributed by atoms with Gasteiger partial charge in [0, 0.05) is 18.3 Å². The highest BCUT2D eigenvalue weighted by Gasteiger charge is 2.08. The van der Waals surface area contributed by atoms with Crippen molar-refractivity contribution in [3.8, 4) is 0 Å². The van der Waals surface area contributed by atoms with Crippen LogP contribution in [0.5, 0.6) is 0 Å². The molecule has 0 fully saturated rings. The van der Waals surface area contributed by atoms with E-state index in [1.165, 1.54) is 0 Å². The minimum absolute atomic E-state index is 0.0199. The Labute approximate surface area is 125 Å². The Morgan fingerprint density at radius 1 is 1.05 bits per heavy atom. The Bertz CT molecular complexity index is 543. The van der Waals surface area contributed by atoms with Crippen LogP contribution < -0.4 is 10.6 Å². The van der Waals surface area contributed by atoms with E-state index in [0.717, 1.165) is 11.3 Å². The smallest absolute Gasteiger partial charge is 0.407 e. The van der Waals surface area contributed by atoms with E-state index < -0.39 is 6.09 Å². The maximum atomic E-state index is 11.7. The third-order valence-corrected chi connectivity index (χ3v) is 2.96. The highest BCUT2D eigenvalue weighted by Crippen LogP contribution is 2.05. The van der Waals surface area contributed by atoms with E-state index in [9.17, 15) is 4.79 Å². The molecule has 0 spiro atoms. The van der Waals surface area contributed by atoms with Crippen LogP contribution in [0, 0.1) is 0 Å². The fraction of sp³-hybridized carbons (Fsp3) is 0.235. The molecule has 2 aromatic carbocycles. The lowest BCUT2D eigenvalue weighted by atomic mass is 10.2. The SMILES string of the molecule is C[C@@H](CNc1ccccc1)NC(=O)OCc1ccccc1. The van der Waals surface area contributed by atoms with E-state index in [1.54, 1.807) is 0 Å². The number of benzene rings is 2. The highest BCUT2D eigenvalue weighted by molar-refractivity contribution is 5.67. The van der Waals surface area contributed by atoms with Gasteiger partial charge in [-0.3, -0.25) is 0 Å². The number of alkyl carbamates (subject to hydrolysis) is 1. The van der Waals surface area contributed by atoms with Gasteiger partial charge in [-0.05, 0) is 24.6 Å². The Kier molecular flexibility index (Phi) is 5.64. The second kappa shape index (κ2) is 7.94. The first kappa shape index (κ1) is 14.9. The number of rotatable bonds is 6. The van der Waals surface area contributed by atoms with Gasteiger partial charge in [-0.25, -0.2) is 4.79 Å². The number of ether oxygens (including phenoxy) is 1. The van der Waals surface area contributed by atoms with Crippen LogP contribution in [0.15, 0.2) is 60.7 Å². The lowest BCUT2D eigenvalue weighted by molar-refractivity contribution is 0.137. The molecule has 110 valence electrons. The largest absolute Gasteiger partial charge is 0.445 e. The lowest BCUT2D eigenvalue weighted by Crippen LogP contribution is -2.37. The van der Waals surface area contributed by atoms with Gasteiger partial charge in [0.25, 0.3) is 0 Å². The molecule has 0 bridgehead atoms. The summed E-state index contributed by atoms with van der Waals surface area (Å²) in [5.74, 6) is 0. The van der Waals surface area contributed by atoms with Gasteiger partial charge in [-0.2, -0.15) is 0 Å². The summed E-state index contributed by atoms with van der Waals surface area (Å²) in [7, 11) is 0. The lowest BCUT2D eigenvalue weighted by Gasteiger charge is -2.15. The standard InChI is InChI=1S/C17H20N2O2/c1-14(12-18-16-10-6-3-7-11-16)19-17(20)21-13-15-8-4-2-5-9-15/h2-11,14,18H,12-13H2,1H3,(H,19,20)/t14-/m0/s1. The van der Waals surface area contributed by atoms with Crippen LogP contribution in [0.2, 0.25) is 0 Å². The first-order chi connectivity index (χ1) is 10.2. The van der Waals surface area contributed by atoms with Gasteiger partial charge < -0.3 is 15.4 Å². The molecule has 21 heavy (non-hydrogen) atoms. The Balaban J connectivity index is 1.67. The summed E-state index contributed by atoms with van der Waals surface area (Å²) in [6, 6.07) is 19.5. The monoisotopic (exact) mass is 284 g/mol. The quantitative estimate of drug-likeness (QED) is 0.854. The molecular weight excluding hydrogens is 264 g/mol. The van der Waals surface area contributed by atoms with Crippen molar-refractivity contribution >= 4 is 11.8 Å². The van der Waals surface area contributed by atoms with E-state index in [0.29, 0.717) is 6.54 Å². The molecule has 0 aromatic heterocycles. The summed E-state index contributed by atoms with van der Waals surface area (Å²) in [5.41, 5.74) is 2.01. The second-order valence-electron chi connectivity index (χ2n) is 4.85. The number of hydrogen-bond acceptors (Lipinski definition) is 3. The van der Waals surface area contributed by atoms with Crippen molar-refractivity contribution in [3.05, 3.63) is 66.2 Å². The molecule has 0 saturated heterocycles. The average Bonchev–Trinajstić information content (AvgIpc) is 2.53.